The fraction of sp³-hybridized carbons (Fsp3) is 0.292. The van der Waals surface area contributed by atoms with Gasteiger partial charge in [0, 0.05) is 18.3 Å². The van der Waals surface area contributed by atoms with Crippen LogP contribution in [0.5, 0.6) is 0 Å². The molecule has 9 nitrogen and oxygen atoms in total. The molecule has 1 aromatic heterocycles. The molecular formula is C24H27N5O4. The molecule has 3 rings (SSSR count). The molecule has 0 spiro atoms. The summed E-state index contributed by atoms with van der Waals surface area (Å²) in [5.41, 5.74) is 4.95. The predicted molar refractivity (Wildman–Crippen MR) is 125 cm³/mol. The van der Waals surface area contributed by atoms with Gasteiger partial charge in [-0.05, 0) is 62.6 Å². The number of nitrogens with one attached hydrogen (secondary N) is 1. The van der Waals surface area contributed by atoms with Crippen molar-refractivity contribution in [3.63, 3.8) is 0 Å². The van der Waals surface area contributed by atoms with Crippen molar-refractivity contribution in [3.05, 3.63) is 86.2 Å². The first-order valence-corrected chi connectivity index (χ1v) is 10.5. The van der Waals surface area contributed by atoms with Crippen LogP contribution < -0.4 is 5.32 Å². The lowest BCUT2D eigenvalue weighted by molar-refractivity contribution is -0.386. The third-order valence-electron chi connectivity index (χ3n) is 5.67. The second kappa shape index (κ2) is 9.64. The summed E-state index contributed by atoms with van der Waals surface area (Å²) in [5, 5.41) is 18.3. The number of carbonyl (C=O) groups excluding carboxylic acids is 2. The first kappa shape index (κ1) is 23.6. The van der Waals surface area contributed by atoms with E-state index >= 15 is 0 Å². The van der Waals surface area contributed by atoms with Crippen molar-refractivity contribution >= 4 is 23.2 Å². The second-order valence-corrected chi connectivity index (χ2v) is 8.09. The summed E-state index contributed by atoms with van der Waals surface area (Å²) in [7, 11) is 1.58. The summed E-state index contributed by atoms with van der Waals surface area (Å²) in [5.74, 6) is -0.554. The lowest BCUT2D eigenvalue weighted by atomic mass is 10.1. The van der Waals surface area contributed by atoms with Crippen molar-refractivity contribution in [2.45, 2.75) is 34.2 Å². The van der Waals surface area contributed by atoms with E-state index in [-0.39, 0.29) is 24.0 Å². The number of anilines is 1. The largest absolute Gasteiger partial charge is 0.332 e. The maximum absolute atomic E-state index is 12.8. The van der Waals surface area contributed by atoms with Gasteiger partial charge in [-0.2, -0.15) is 5.10 Å². The zero-order valence-corrected chi connectivity index (χ0v) is 19.4. The molecule has 9 heteroatoms. The topological polar surface area (TPSA) is 110 Å². The molecule has 0 aliphatic heterocycles. The van der Waals surface area contributed by atoms with Gasteiger partial charge in [-0.3, -0.25) is 24.4 Å². The van der Waals surface area contributed by atoms with Crippen molar-refractivity contribution in [2.24, 2.45) is 0 Å². The molecule has 1 N–H and O–H groups in total. The average Bonchev–Trinajstić information content (AvgIpc) is 3.04. The Morgan fingerprint density at radius 3 is 2.36 bits per heavy atom. The minimum Gasteiger partial charge on any atom is -0.332 e. The number of likely N-dealkylation sites (N-methyl/N-ethyl adjacent to an activating group) is 1. The van der Waals surface area contributed by atoms with E-state index in [1.165, 1.54) is 4.90 Å². The second-order valence-electron chi connectivity index (χ2n) is 8.09. The maximum Gasteiger partial charge on any atom is 0.312 e. The van der Waals surface area contributed by atoms with E-state index in [1.54, 1.807) is 49.8 Å². The Balaban J connectivity index is 1.64. The van der Waals surface area contributed by atoms with Gasteiger partial charge in [0.05, 0.1) is 18.0 Å². The van der Waals surface area contributed by atoms with E-state index in [0.717, 1.165) is 22.4 Å². The summed E-state index contributed by atoms with van der Waals surface area (Å²) < 4.78 is 1.58. The van der Waals surface area contributed by atoms with Crippen LogP contribution >= 0.6 is 0 Å². The van der Waals surface area contributed by atoms with E-state index in [2.05, 4.69) is 10.4 Å². The number of hydrogen-bond acceptors (Lipinski definition) is 5. The smallest absolute Gasteiger partial charge is 0.312 e. The number of nitro groups is 1. The summed E-state index contributed by atoms with van der Waals surface area (Å²) in [6.07, 6.45) is 0. The Morgan fingerprint density at radius 2 is 1.76 bits per heavy atom. The number of aromatic nitrogens is 2. The summed E-state index contributed by atoms with van der Waals surface area (Å²) in [4.78, 5) is 37.3. The molecule has 33 heavy (non-hydrogen) atoms. The van der Waals surface area contributed by atoms with Gasteiger partial charge in [-0.15, -0.1) is 0 Å². The molecule has 3 aromatic rings. The van der Waals surface area contributed by atoms with Gasteiger partial charge < -0.3 is 10.2 Å². The summed E-state index contributed by atoms with van der Waals surface area (Å²) in [6.45, 7) is 7.45. The maximum atomic E-state index is 12.8. The van der Waals surface area contributed by atoms with Crippen LogP contribution in [0.4, 0.5) is 11.4 Å². The van der Waals surface area contributed by atoms with Crippen molar-refractivity contribution in [1.29, 1.82) is 0 Å². The molecule has 172 valence electrons. The van der Waals surface area contributed by atoms with Crippen molar-refractivity contribution in [2.75, 3.05) is 18.9 Å². The Hall–Kier alpha value is -4.01. The van der Waals surface area contributed by atoms with Crippen LogP contribution in [0.2, 0.25) is 0 Å². The SMILES string of the molecule is Cc1cccc(NC(=O)CN(C)C(=O)c2ccc(Cn3nc(C)c([N+](=O)[O-])c3C)cc2)c1C. The lowest BCUT2D eigenvalue weighted by Gasteiger charge is -2.18. The molecule has 0 aliphatic rings. The number of amides is 2. The van der Waals surface area contributed by atoms with Crippen LogP contribution in [-0.4, -0.2) is 45.0 Å². The Bertz CT molecular complexity index is 1210. The fourth-order valence-corrected chi connectivity index (χ4v) is 3.62. The standard InChI is InChI=1S/C24H27N5O4/c1-15-7-6-8-21(16(15)2)25-22(30)14-27(5)24(31)20-11-9-19(10-12-20)13-28-18(4)23(29(32)33)17(3)26-28/h6-12H,13-14H2,1-5H3,(H,25,30). The van der Waals surface area contributed by atoms with Crippen molar-refractivity contribution in [3.8, 4) is 0 Å². The average molecular weight is 450 g/mol. The van der Waals surface area contributed by atoms with Crippen LogP contribution in [0.15, 0.2) is 42.5 Å². The lowest BCUT2D eigenvalue weighted by Crippen LogP contribution is -2.35. The Kier molecular flexibility index (Phi) is 6.91. The van der Waals surface area contributed by atoms with Gasteiger partial charge in [0.1, 0.15) is 11.4 Å². The van der Waals surface area contributed by atoms with Crippen LogP contribution in [0.3, 0.4) is 0 Å². The van der Waals surface area contributed by atoms with Gasteiger partial charge >= 0.3 is 5.69 Å². The van der Waals surface area contributed by atoms with E-state index in [0.29, 0.717) is 23.5 Å². The zero-order chi connectivity index (χ0) is 24.3. The molecule has 2 amide bonds. The van der Waals surface area contributed by atoms with Gasteiger partial charge in [-0.1, -0.05) is 24.3 Å². The van der Waals surface area contributed by atoms with E-state index < -0.39 is 4.92 Å². The van der Waals surface area contributed by atoms with Crippen LogP contribution in [0.25, 0.3) is 0 Å². The van der Waals surface area contributed by atoms with Gasteiger partial charge in [0.25, 0.3) is 5.91 Å². The highest BCUT2D eigenvalue weighted by Crippen LogP contribution is 2.23. The summed E-state index contributed by atoms with van der Waals surface area (Å²) in [6, 6.07) is 12.6. The number of carbonyl (C=O) groups is 2. The van der Waals surface area contributed by atoms with Crippen LogP contribution in [0.1, 0.15) is 38.4 Å². The highest BCUT2D eigenvalue weighted by Gasteiger charge is 2.22. The van der Waals surface area contributed by atoms with Gasteiger partial charge in [0.2, 0.25) is 5.91 Å². The molecule has 0 bridgehead atoms. The minimum absolute atomic E-state index is 0.0163. The Morgan fingerprint density at radius 1 is 1.09 bits per heavy atom. The number of nitrogens with zero attached hydrogens (tertiary/aromatic N) is 4. The first-order valence-electron chi connectivity index (χ1n) is 10.5. The molecule has 0 saturated carbocycles. The minimum atomic E-state index is -0.428. The normalized spacial score (nSPS) is 10.7. The third-order valence-corrected chi connectivity index (χ3v) is 5.67. The molecule has 0 atom stereocenters. The number of hydrogen-bond donors (Lipinski definition) is 1. The third kappa shape index (κ3) is 5.25. The number of benzene rings is 2. The monoisotopic (exact) mass is 449 g/mol. The van der Waals surface area contributed by atoms with Crippen LogP contribution in [-0.2, 0) is 11.3 Å². The molecule has 0 radical (unpaired) electrons. The molecule has 2 aromatic carbocycles. The predicted octanol–water partition coefficient (Wildman–Crippen LogP) is 3.78. The van der Waals surface area contributed by atoms with E-state index in [9.17, 15) is 19.7 Å². The first-order chi connectivity index (χ1) is 15.6. The van der Waals surface area contributed by atoms with E-state index in [4.69, 9.17) is 0 Å². The molecule has 0 saturated heterocycles. The molecule has 0 aliphatic carbocycles. The summed E-state index contributed by atoms with van der Waals surface area (Å²) >= 11 is 0. The Labute approximate surface area is 192 Å². The zero-order valence-electron chi connectivity index (χ0n) is 19.4. The fourth-order valence-electron chi connectivity index (χ4n) is 3.62. The van der Waals surface area contributed by atoms with Crippen LogP contribution in [0, 0.1) is 37.8 Å². The quantitative estimate of drug-likeness (QED) is 0.436. The molecule has 0 unspecified atom stereocenters. The highest BCUT2D eigenvalue weighted by molar-refractivity contribution is 5.99. The van der Waals surface area contributed by atoms with Gasteiger partial charge in [0.15, 0.2) is 0 Å². The molecular weight excluding hydrogens is 422 g/mol. The molecule has 1 heterocycles. The van der Waals surface area contributed by atoms with Crippen molar-refractivity contribution in [1.82, 2.24) is 14.7 Å². The van der Waals surface area contributed by atoms with Gasteiger partial charge in [-0.25, -0.2) is 0 Å². The molecule has 0 fully saturated rings. The highest BCUT2D eigenvalue weighted by atomic mass is 16.6. The van der Waals surface area contributed by atoms with E-state index in [1.807, 2.05) is 32.0 Å². The number of rotatable bonds is 7. The number of aryl methyl sites for hydroxylation is 2. The van der Waals surface area contributed by atoms with Crippen molar-refractivity contribution < 1.29 is 14.5 Å².